The van der Waals surface area contributed by atoms with Gasteiger partial charge in [-0.2, -0.15) is 13.2 Å². The maximum absolute atomic E-state index is 13.2. The molecule has 0 bridgehead atoms. The summed E-state index contributed by atoms with van der Waals surface area (Å²) in [5.41, 5.74) is 0.665. The number of rotatable bonds is 11. The average molecular weight is 524 g/mol. The summed E-state index contributed by atoms with van der Waals surface area (Å²) in [5.74, 6) is 0.563. The molecule has 1 saturated carbocycles. The normalized spacial score (nSPS) is 21.4. The third-order valence-corrected chi connectivity index (χ3v) is 8.33. The predicted octanol–water partition coefficient (Wildman–Crippen LogP) is 6.31. The summed E-state index contributed by atoms with van der Waals surface area (Å²) in [6.45, 7) is 12.4. The van der Waals surface area contributed by atoms with Crippen LogP contribution in [0.25, 0.3) is 0 Å². The Hall–Kier alpha value is -2.32. The van der Waals surface area contributed by atoms with Gasteiger partial charge in [0.05, 0.1) is 6.34 Å². The molecule has 6 nitrogen and oxygen atoms in total. The fourth-order valence-corrected chi connectivity index (χ4v) is 5.29. The summed E-state index contributed by atoms with van der Waals surface area (Å²) in [6.07, 6.45) is 5.86. The molecule has 1 aliphatic carbocycles. The summed E-state index contributed by atoms with van der Waals surface area (Å²) in [5, 5.41) is 0. The first-order valence-corrected chi connectivity index (χ1v) is 13.7. The lowest BCUT2D eigenvalue weighted by Gasteiger charge is -2.52. The van der Waals surface area contributed by atoms with E-state index in [0.717, 1.165) is 51.4 Å². The van der Waals surface area contributed by atoms with Crippen molar-refractivity contribution in [1.29, 1.82) is 0 Å². The summed E-state index contributed by atoms with van der Waals surface area (Å²) in [6, 6.07) is 0.453. The largest absolute Gasteiger partial charge is 0.412 e. The molecule has 37 heavy (non-hydrogen) atoms. The van der Waals surface area contributed by atoms with Crippen molar-refractivity contribution in [3.63, 3.8) is 0 Å². The zero-order chi connectivity index (χ0) is 27.2. The maximum Gasteiger partial charge on any atom is 0.412 e. The highest BCUT2D eigenvalue weighted by atomic mass is 19.4. The van der Waals surface area contributed by atoms with Gasteiger partial charge in [0, 0.05) is 74.6 Å². The summed E-state index contributed by atoms with van der Waals surface area (Å²) in [7, 11) is 2.04. The van der Waals surface area contributed by atoms with E-state index in [1.807, 2.05) is 30.1 Å². The van der Waals surface area contributed by atoms with E-state index in [1.165, 1.54) is 19.1 Å². The number of carbonyl (C=O) groups is 1. The molecule has 3 aliphatic rings. The minimum absolute atomic E-state index is 0.00619. The van der Waals surface area contributed by atoms with Crippen molar-refractivity contribution < 1.29 is 18.0 Å². The molecule has 2 aliphatic heterocycles. The van der Waals surface area contributed by atoms with E-state index >= 15 is 0 Å². The summed E-state index contributed by atoms with van der Waals surface area (Å²) >= 11 is 0. The van der Waals surface area contributed by atoms with Crippen LogP contribution in [-0.4, -0.2) is 85.3 Å². The van der Waals surface area contributed by atoms with E-state index in [2.05, 4.69) is 28.4 Å². The molecule has 0 radical (unpaired) electrons. The second-order valence-corrected chi connectivity index (χ2v) is 11.0. The van der Waals surface area contributed by atoms with Crippen molar-refractivity contribution in [2.75, 3.05) is 39.8 Å². The van der Waals surface area contributed by atoms with Gasteiger partial charge in [-0.15, -0.1) is 0 Å². The van der Waals surface area contributed by atoms with Gasteiger partial charge < -0.3 is 14.7 Å². The van der Waals surface area contributed by atoms with E-state index in [0.29, 0.717) is 44.4 Å². The molecule has 3 rings (SSSR count). The maximum atomic E-state index is 13.2. The number of nitrogens with zero attached hydrogens (tertiary/aromatic N) is 5. The topological polar surface area (TPSA) is 51.5 Å². The number of hydrogen-bond acceptors (Lipinski definition) is 3. The number of amides is 2. The molecule has 0 aromatic carbocycles. The molecule has 2 saturated heterocycles. The monoisotopic (exact) mass is 523 g/mol. The first-order chi connectivity index (χ1) is 17.5. The Labute approximate surface area is 220 Å². The second kappa shape index (κ2) is 12.5. The lowest BCUT2D eigenvalue weighted by atomic mass is 9.73. The van der Waals surface area contributed by atoms with E-state index in [9.17, 15) is 18.0 Å². The van der Waals surface area contributed by atoms with Crippen LogP contribution in [0.3, 0.4) is 0 Å². The predicted molar refractivity (Wildman–Crippen MR) is 144 cm³/mol. The number of carbonyl (C=O) groups excluding carboxylic acids is 1. The van der Waals surface area contributed by atoms with Crippen LogP contribution >= 0.6 is 0 Å². The van der Waals surface area contributed by atoms with E-state index in [-0.39, 0.29) is 17.0 Å². The Bertz CT molecular complexity index is 892. The van der Waals surface area contributed by atoms with Crippen LogP contribution in [0.2, 0.25) is 0 Å². The molecule has 9 heteroatoms. The Morgan fingerprint density at radius 2 is 1.78 bits per heavy atom. The average Bonchev–Trinajstić information content (AvgIpc) is 3.70. The van der Waals surface area contributed by atoms with Crippen LogP contribution in [0.1, 0.15) is 72.1 Å². The minimum Gasteiger partial charge on any atom is -0.363 e. The Morgan fingerprint density at radius 3 is 2.32 bits per heavy atom. The van der Waals surface area contributed by atoms with Crippen LogP contribution in [0.15, 0.2) is 33.4 Å². The van der Waals surface area contributed by atoms with Crippen molar-refractivity contribution >= 4 is 18.6 Å². The first kappa shape index (κ1) is 29.2. The Morgan fingerprint density at radius 1 is 1.14 bits per heavy atom. The molecule has 208 valence electrons. The van der Waals surface area contributed by atoms with Crippen molar-refractivity contribution in [2.24, 2.45) is 21.3 Å². The smallest absolute Gasteiger partial charge is 0.363 e. The van der Waals surface area contributed by atoms with E-state index in [4.69, 9.17) is 0 Å². The molecular weight excluding hydrogens is 479 g/mol. The number of urea groups is 1. The molecule has 2 heterocycles. The van der Waals surface area contributed by atoms with Crippen LogP contribution < -0.4 is 0 Å². The van der Waals surface area contributed by atoms with Crippen molar-refractivity contribution in [2.45, 2.75) is 84.4 Å². The zero-order valence-electron chi connectivity index (χ0n) is 23.0. The van der Waals surface area contributed by atoms with Crippen LogP contribution in [-0.2, 0) is 0 Å². The molecule has 0 unspecified atom stereocenters. The molecule has 0 aromatic rings. The van der Waals surface area contributed by atoms with Crippen molar-refractivity contribution in [1.82, 2.24) is 14.7 Å². The third-order valence-electron chi connectivity index (χ3n) is 8.33. The number of piperidine rings is 1. The molecule has 2 amide bonds. The van der Waals surface area contributed by atoms with Gasteiger partial charge in [-0.25, -0.2) is 9.79 Å². The highest BCUT2D eigenvalue weighted by Crippen LogP contribution is 2.40. The van der Waals surface area contributed by atoms with Crippen molar-refractivity contribution in [3.8, 4) is 0 Å². The standard InChI is InChI=1S/C28H44F3N5O/c1-6-27(14-8-9-24(17-32-7-2)21(3)28(29,30)31)18-36(19-27)26(37)35-15-12-25(13-16-35)34(5)20-33-22(4)23-10-11-23/h17,20,23,25H,4,6-16,18-19H2,1-3,5H3/b24-21+,32-17?,33-20?. The number of aliphatic imine (C=N–C) groups is 2. The van der Waals surface area contributed by atoms with Gasteiger partial charge >= 0.3 is 12.2 Å². The van der Waals surface area contributed by atoms with Gasteiger partial charge in [-0.1, -0.05) is 13.5 Å². The van der Waals surface area contributed by atoms with Gasteiger partial charge in [-0.05, 0) is 70.8 Å². The summed E-state index contributed by atoms with van der Waals surface area (Å²) < 4.78 is 39.7. The SMILES string of the molecule is C=C(N=CN(C)C1CCN(C(=O)N2CC(CC)(CCC/C(C=NCC)=C(/C)C(F)(F)F)C2)CC1)C1CC1. The van der Waals surface area contributed by atoms with E-state index in [1.54, 1.807) is 0 Å². The number of likely N-dealkylation sites (tertiary alicyclic amines) is 2. The third kappa shape index (κ3) is 7.84. The molecular formula is C28H44F3N5O. The molecule has 0 N–H and O–H groups in total. The molecule has 0 aromatic heterocycles. The summed E-state index contributed by atoms with van der Waals surface area (Å²) in [4.78, 5) is 27.7. The van der Waals surface area contributed by atoms with Crippen LogP contribution in [0.4, 0.5) is 18.0 Å². The van der Waals surface area contributed by atoms with Gasteiger partial charge in [0.1, 0.15) is 0 Å². The number of halogens is 3. The minimum atomic E-state index is -4.34. The van der Waals surface area contributed by atoms with Gasteiger partial charge in [0.25, 0.3) is 0 Å². The van der Waals surface area contributed by atoms with Crippen LogP contribution in [0, 0.1) is 11.3 Å². The van der Waals surface area contributed by atoms with Crippen LogP contribution in [0.5, 0.6) is 0 Å². The van der Waals surface area contributed by atoms with Crippen molar-refractivity contribution in [3.05, 3.63) is 23.4 Å². The molecule has 0 spiro atoms. The number of hydrogen-bond donors (Lipinski definition) is 0. The number of allylic oxidation sites excluding steroid dienone is 3. The Kier molecular flexibility index (Phi) is 9.86. The second-order valence-electron chi connectivity index (χ2n) is 11.0. The lowest BCUT2D eigenvalue weighted by Crippen LogP contribution is -2.62. The molecule has 3 fully saturated rings. The quantitative estimate of drug-likeness (QED) is 0.236. The zero-order valence-corrected chi connectivity index (χ0v) is 23.0. The van der Waals surface area contributed by atoms with E-state index < -0.39 is 11.7 Å². The first-order valence-electron chi connectivity index (χ1n) is 13.7. The Balaban J connectivity index is 1.44. The fourth-order valence-electron chi connectivity index (χ4n) is 5.29. The van der Waals surface area contributed by atoms with Gasteiger partial charge in [0.15, 0.2) is 0 Å². The lowest BCUT2D eigenvalue weighted by molar-refractivity contribution is -0.0919. The van der Waals surface area contributed by atoms with Gasteiger partial charge in [-0.3, -0.25) is 4.99 Å². The highest BCUT2D eigenvalue weighted by Gasteiger charge is 2.45. The highest BCUT2D eigenvalue weighted by molar-refractivity contribution is 5.80. The fraction of sp³-hybridized carbons (Fsp3) is 0.750. The molecule has 0 atom stereocenters. The van der Waals surface area contributed by atoms with Gasteiger partial charge in [0.2, 0.25) is 0 Å². The number of alkyl halides is 3.